The fourth-order valence-corrected chi connectivity index (χ4v) is 5.19. The summed E-state index contributed by atoms with van der Waals surface area (Å²) in [5, 5.41) is 5.29. The van der Waals surface area contributed by atoms with Gasteiger partial charge in [0.05, 0.1) is 29.0 Å². The van der Waals surface area contributed by atoms with Gasteiger partial charge in [-0.1, -0.05) is 39.2 Å². The van der Waals surface area contributed by atoms with Crippen LogP contribution in [-0.4, -0.2) is 38.3 Å². The lowest BCUT2D eigenvalue weighted by atomic mass is 10.0. The predicted octanol–water partition coefficient (Wildman–Crippen LogP) is 4.60. The number of amides is 2. The van der Waals surface area contributed by atoms with E-state index < -0.39 is 6.04 Å². The summed E-state index contributed by atoms with van der Waals surface area (Å²) in [6.07, 6.45) is 6.86. The second-order valence-electron chi connectivity index (χ2n) is 8.22. The highest BCUT2D eigenvalue weighted by Crippen LogP contribution is 2.30. The number of thiophene rings is 1. The number of rotatable bonds is 9. The van der Waals surface area contributed by atoms with Crippen molar-refractivity contribution in [2.24, 2.45) is 0 Å². The van der Waals surface area contributed by atoms with Crippen LogP contribution in [0.5, 0.6) is 0 Å². The molecule has 4 heterocycles. The molecule has 1 aliphatic heterocycles. The smallest absolute Gasteiger partial charge is 0.271 e. The third-order valence-electron chi connectivity index (χ3n) is 5.99. The Morgan fingerprint density at radius 2 is 2.13 bits per heavy atom. The van der Waals surface area contributed by atoms with Crippen molar-refractivity contribution in [2.45, 2.75) is 71.1 Å². The van der Waals surface area contributed by atoms with Crippen molar-refractivity contribution in [3.63, 3.8) is 0 Å². The highest BCUT2D eigenvalue weighted by molar-refractivity contribution is 7.17. The molecule has 1 N–H and O–H groups in total. The van der Waals surface area contributed by atoms with Gasteiger partial charge in [0, 0.05) is 12.2 Å². The van der Waals surface area contributed by atoms with Crippen molar-refractivity contribution >= 4 is 33.4 Å². The van der Waals surface area contributed by atoms with Gasteiger partial charge in [0.2, 0.25) is 5.91 Å². The lowest BCUT2D eigenvalue weighted by molar-refractivity contribution is -0.127. The highest BCUT2D eigenvalue weighted by atomic mass is 32.1. The van der Waals surface area contributed by atoms with Gasteiger partial charge in [-0.25, -0.2) is 0 Å². The minimum Gasteiger partial charge on any atom is -0.352 e. The van der Waals surface area contributed by atoms with Crippen LogP contribution in [0, 0.1) is 0 Å². The van der Waals surface area contributed by atoms with Gasteiger partial charge in [-0.05, 0) is 42.5 Å². The van der Waals surface area contributed by atoms with Gasteiger partial charge < -0.3 is 14.8 Å². The van der Waals surface area contributed by atoms with Crippen molar-refractivity contribution in [1.29, 1.82) is 0 Å². The number of hydrogen-bond acceptors (Lipinski definition) is 4. The second-order valence-corrected chi connectivity index (χ2v) is 9.16. The Labute approximate surface area is 187 Å². The average Bonchev–Trinajstić information content (AvgIpc) is 3.37. The summed E-state index contributed by atoms with van der Waals surface area (Å²) in [4.78, 5) is 33.0. The van der Waals surface area contributed by atoms with Crippen molar-refractivity contribution < 1.29 is 9.59 Å². The monoisotopic (exact) mass is 438 g/mol. The van der Waals surface area contributed by atoms with Crippen LogP contribution in [0.1, 0.15) is 62.1 Å². The van der Waals surface area contributed by atoms with Crippen molar-refractivity contribution in [1.82, 2.24) is 19.8 Å². The number of unbranched alkanes of at least 4 members (excludes halogenated alkanes) is 1. The maximum absolute atomic E-state index is 13.5. The van der Waals surface area contributed by atoms with Crippen LogP contribution < -0.4 is 5.32 Å². The van der Waals surface area contributed by atoms with E-state index in [1.165, 1.54) is 0 Å². The van der Waals surface area contributed by atoms with Crippen LogP contribution in [-0.2, 0) is 17.9 Å². The molecule has 0 bridgehead atoms. The standard InChI is InChI=1S/C24H30N4O2S/c1-3-5-9-17(8-4-2)26-23(29)21-16-27-19-11-13-31-22(19)14-20(27)24(30)28(21)15-18-10-6-7-12-25-18/h6-7,10-14,17,21H,3-5,8-9,15-16H2,1-2H3,(H,26,29). The zero-order valence-corrected chi connectivity index (χ0v) is 19.0. The SMILES string of the molecule is CCCCC(CCC)NC(=O)C1Cn2c(cc3sccc32)C(=O)N1Cc1ccccn1. The van der Waals surface area contributed by atoms with E-state index in [9.17, 15) is 9.59 Å². The Morgan fingerprint density at radius 3 is 2.87 bits per heavy atom. The van der Waals surface area contributed by atoms with Gasteiger partial charge in [-0.2, -0.15) is 0 Å². The summed E-state index contributed by atoms with van der Waals surface area (Å²) in [5.74, 6) is -0.178. The number of fused-ring (bicyclic) bond motifs is 3. The largest absolute Gasteiger partial charge is 0.352 e. The Morgan fingerprint density at radius 1 is 1.26 bits per heavy atom. The van der Waals surface area contributed by atoms with Crippen molar-refractivity contribution in [3.8, 4) is 0 Å². The molecule has 0 spiro atoms. The Kier molecular flexibility index (Phi) is 6.70. The number of nitrogens with one attached hydrogen (secondary N) is 1. The third kappa shape index (κ3) is 4.51. The molecule has 2 amide bonds. The maximum atomic E-state index is 13.5. The van der Waals surface area contributed by atoms with Gasteiger partial charge in [-0.3, -0.25) is 14.6 Å². The first-order valence-corrected chi connectivity index (χ1v) is 12.1. The molecule has 164 valence electrons. The molecule has 0 saturated heterocycles. The summed E-state index contributed by atoms with van der Waals surface area (Å²) in [5.41, 5.74) is 2.46. The molecule has 4 rings (SSSR count). The average molecular weight is 439 g/mol. The molecule has 3 aromatic rings. The summed E-state index contributed by atoms with van der Waals surface area (Å²) >= 11 is 1.62. The predicted molar refractivity (Wildman–Crippen MR) is 124 cm³/mol. The van der Waals surface area contributed by atoms with Gasteiger partial charge >= 0.3 is 0 Å². The van der Waals surface area contributed by atoms with Crippen LogP contribution in [0.15, 0.2) is 41.9 Å². The lowest BCUT2D eigenvalue weighted by Gasteiger charge is -2.36. The Balaban J connectivity index is 1.64. The first-order chi connectivity index (χ1) is 15.1. The summed E-state index contributed by atoms with van der Waals surface area (Å²) in [7, 11) is 0. The van der Waals surface area contributed by atoms with E-state index in [0.717, 1.165) is 48.0 Å². The molecule has 2 atom stereocenters. The lowest BCUT2D eigenvalue weighted by Crippen LogP contribution is -2.56. The fourth-order valence-electron chi connectivity index (χ4n) is 4.37. The zero-order chi connectivity index (χ0) is 21.8. The number of carbonyl (C=O) groups excluding carboxylic acids is 2. The summed E-state index contributed by atoms with van der Waals surface area (Å²) in [6.45, 7) is 5.09. The number of hydrogen-bond donors (Lipinski definition) is 1. The molecular formula is C24H30N4O2S. The highest BCUT2D eigenvalue weighted by Gasteiger charge is 2.38. The molecule has 7 heteroatoms. The van der Waals surface area contributed by atoms with Crippen molar-refractivity contribution in [2.75, 3.05) is 0 Å². The van der Waals surface area contributed by atoms with E-state index in [-0.39, 0.29) is 17.9 Å². The molecule has 6 nitrogen and oxygen atoms in total. The van der Waals surface area contributed by atoms with Crippen LogP contribution >= 0.6 is 11.3 Å². The minimum atomic E-state index is -0.557. The van der Waals surface area contributed by atoms with E-state index in [0.29, 0.717) is 18.8 Å². The topological polar surface area (TPSA) is 67.2 Å². The minimum absolute atomic E-state index is 0.0680. The van der Waals surface area contributed by atoms with Gasteiger partial charge in [0.1, 0.15) is 11.7 Å². The molecule has 0 aromatic carbocycles. The normalized spacial score (nSPS) is 17.0. The van der Waals surface area contributed by atoms with E-state index >= 15 is 0 Å². The molecule has 0 radical (unpaired) electrons. The molecule has 3 aromatic heterocycles. The second kappa shape index (κ2) is 9.64. The van der Waals surface area contributed by atoms with Gasteiger partial charge in [0.25, 0.3) is 5.91 Å². The molecule has 0 aliphatic carbocycles. The van der Waals surface area contributed by atoms with Crippen LogP contribution in [0.2, 0.25) is 0 Å². The third-order valence-corrected chi connectivity index (χ3v) is 6.84. The van der Waals surface area contributed by atoms with Crippen LogP contribution in [0.3, 0.4) is 0 Å². The van der Waals surface area contributed by atoms with E-state index in [1.807, 2.05) is 40.3 Å². The van der Waals surface area contributed by atoms with Crippen molar-refractivity contribution in [3.05, 3.63) is 53.3 Å². The fraction of sp³-hybridized carbons (Fsp3) is 0.458. The molecule has 2 unspecified atom stereocenters. The quantitative estimate of drug-likeness (QED) is 0.531. The summed E-state index contributed by atoms with van der Waals surface area (Å²) < 4.78 is 3.09. The van der Waals surface area contributed by atoms with Gasteiger partial charge in [0.15, 0.2) is 0 Å². The Bertz CT molecular complexity index is 1040. The summed E-state index contributed by atoms with van der Waals surface area (Å²) in [6, 6.07) is 9.23. The molecule has 1 aliphatic rings. The Hall–Kier alpha value is -2.67. The molecule has 31 heavy (non-hydrogen) atoms. The first kappa shape index (κ1) is 21.6. The molecular weight excluding hydrogens is 408 g/mol. The van der Waals surface area contributed by atoms with Crippen LogP contribution in [0.4, 0.5) is 0 Å². The van der Waals surface area contributed by atoms with Gasteiger partial charge in [-0.15, -0.1) is 11.3 Å². The van der Waals surface area contributed by atoms with E-state index in [4.69, 9.17) is 0 Å². The molecule has 0 fully saturated rings. The number of nitrogens with zero attached hydrogens (tertiary/aromatic N) is 3. The van der Waals surface area contributed by atoms with E-state index in [1.54, 1.807) is 22.4 Å². The zero-order valence-electron chi connectivity index (χ0n) is 18.2. The maximum Gasteiger partial charge on any atom is 0.271 e. The number of pyridine rings is 1. The van der Waals surface area contributed by atoms with Crippen LogP contribution in [0.25, 0.3) is 10.2 Å². The number of aromatic nitrogens is 2. The van der Waals surface area contributed by atoms with E-state index in [2.05, 4.69) is 24.1 Å². The number of carbonyl (C=O) groups is 2. The molecule has 0 saturated carbocycles. The first-order valence-electron chi connectivity index (χ1n) is 11.2.